The van der Waals surface area contributed by atoms with Crippen molar-refractivity contribution in [2.24, 2.45) is 5.14 Å². The van der Waals surface area contributed by atoms with Gasteiger partial charge in [0, 0.05) is 12.6 Å². The van der Waals surface area contributed by atoms with Gasteiger partial charge in [-0.05, 0) is 37.5 Å². The largest absolute Gasteiger partial charge is 0.355 e. The summed E-state index contributed by atoms with van der Waals surface area (Å²) in [5, 5.41) is 7.69. The van der Waals surface area contributed by atoms with Crippen LogP contribution >= 0.6 is 0 Å². The number of nitrogens with zero attached hydrogens (tertiary/aromatic N) is 1. The first-order chi connectivity index (χ1) is 11.4. The van der Waals surface area contributed by atoms with E-state index in [4.69, 9.17) is 5.14 Å². The van der Waals surface area contributed by atoms with Gasteiger partial charge < -0.3 is 5.32 Å². The third-order valence-electron chi connectivity index (χ3n) is 3.80. The van der Waals surface area contributed by atoms with E-state index in [2.05, 4.69) is 5.32 Å². The number of rotatable bonds is 9. The van der Waals surface area contributed by atoms with E-state index in [-0.39, 0.29) is 23.4 Å². The van der Waals surface area contributed by atoms with Crippen LogP contribution in [0.2, 0.25) is 0 Å². The molecule has 0 fully saturated rings. The highest BCUT2D eigenvalue weighted by Gasteiger charge is 2.24. The predicted octanol–water partition coefficient (Wildman–Crippen LogP) is 0.0528. The number of amides is 1. The summed E-state index contributed by atoms with van der Waals surface area (Å²) in [6.45, 7) is 3.69. The third kappa shape index (κ3) is 7.10. The predicted molar refractivity (Wildman–Crippen MR) is 95.8 cm³/mol. The van der Waals surface area contributed by atoms with Gasteiger partial charge >= 0.3 is 0 Å². The van der Waals surface area contributed by atoms with Crippen molar-refractivity contribution in [1.82, 2.24) is 9.62 Å². The maximum absolute atomic E-state index is 12.0. The molecule has 1 unspecified atom stereocenters. The molecule has 1 rings (SSSR count). The van der Waals surface area contributed by atoms with Crippen molar-refractivity contribution in [1.29, 1.82) is 0 Å². The van der Waals surface area contributed by atoms with Gasteiger partial charge in [-0.2, -0.15) is 4.31 Å². The molecule has 1 amide bonds. The number of primary sulfonamides is 1. The number of carbonyl (C=O) groups excluding carboxylic acids is 1. The van der Waals surface area contributed by atoms with Crippen molar-refractivity contribution in [3.8, 4) is 0 Å². The fourth-order valence-corrected chi connectivity index (χ4v) is 3.86. The molecule has 0 aliphatic carbocycles. The van der Waals surface area contributed by atoms with Gasteiger partial charge in [0.2, 0.25) is 26.0 Å². The summed E-state index contributed by atoms with van der Waals surface area (Å²) >= 11 is 0. The van der Waals surface area contributed by atoms with Crippen LogP contribution in [0.3, 0.4) is 0 Å². The minimum atomic E-state index is -3.72. The van der Waals surface area contributed by atoms with Gasteiger partial charge in [-0.3, -0.25) is 4.79 Å². The van der Waals surface area contributed by atoms with Crippen LogP contribution in [0.5, 0.6) is 0 Å². The molecule has 0 spiro atoms. The molecule has 3 N–H and O–H groups in total. The van der Waals surface area contributed by atoms with Crippen molar-refractivity contribution in [2.75, 3.05) is 19.3 Å². The summed E-state index contributed by atoms with van der Waals surface area (Å²) in [6, 6.07) is 5.79. The number of hydrogen-bond acceptors (Lipinski definition) is 5. The molecular formula is C15H25N3O5S2. The van der Waals surface area contributed by atoms with Gasteiger partial charge in [0.05, 0.1) is 17.7 Å². The first-order valence-electron chi connectivity index (χ1n) is 7.80. The summed E-state index contributed by atoms with van der Waals surface area (Å²) < 4.78 is 47.1. The number of benzene rings is 1. The second-order valence-electron chi connectivity index (χ2n) is 5.85. The van der Waals surface area contributed by atoms with Crippen LogP contribution in [0, 0.1) is 0 Å². The van der Waals surface area contributed by atoms with Crippen molar-refractivity contribution < 1.29 is 21.6 Å². The van der Waals surface area contributed by atoms with E-state index in [1.165, 1.54) is 16.4 Å². The molecule has 0 saturated carbocycles. The Balaban J connectivity index is 2.56. The Morgan fingerprint density at radius 2 is 1.76 bits per heavy atom. The van der Waals surface area contributed by atoms with Gasteiger partial charge in [-0.15, -0.1) is 0 Å². The highest BCUT2D eigenvalue weighted by atomic mass is 32.2. The molecule has 1 aromatic rings. The zero-order valence-electron chi connectivity index (χ0n) is 14.6. The lowest BCUT2D eigenvalue weighted by Crippen LogP contribution is -2.44. The quantitative estimate of drug-likeness (QED) is 0.615. The number of hydrogen-bond donors (Lipinski definition) is 2. The number of sulfonamides is 2. The molecule has 25 heavy (non-hydrogen) atoms. The van der Waals surface area contributed by atoms with Gasteiger partial charge in [0.15, 0.2) is 0 Å². The summed E-state index contributed by atoms with van der Waals surface area (Å²) in [7, 11) is -7.19. The van der Waals surface area contributed by atoms with Crippen molar-refractivity contribution in [2.45, 2.75) is 37.6 Å². The van der Waals surface area contributed by atoms with E-state index in [1.807, 2.05) is 6.92 Å². The summed E-state index contributed by atoms with van der Waals surface area (Å²) in [4.78, 5) is 12.0. The minimum Gasteiger partial charge on any atom is -0.355 e. The van der Waals surface area contributed by atoms with Crippen LogP contribution < -0.4 is 10.5 Å². The molecule has 142 valence electrons. The van der Waals surface area contributed by atoms with Crippen molar-refractivity contribution >= 4 is 26.0 Å². The summed E-state index contributed by atoms with van der Waals surface area (Å²) in [5.74, 6) is -0.383. The molecule has 0 heterocycles. The Morgan fingerprint density at radius 3 is 2.20 bits per heavy atom. The molecule has 1 atom stereocenters. The Morgan fingerprint density at radius 1 is 1.20 bits per heavy atom. The standard InChI is InChI=1S/C15H25N3O5S2/c1-4-12(2)18(24(3,20)21)11-15(19)17-10-9-13-5-7-14(8-6-13)25(16,22)23/h5-8,12H,4,9-11H2,1-3H3,(H,17,19)(H2,16,22,23). The van der Waals surface area contributed by atoms with Gasteiger partial charge in [-0.1, -0.05) is 19.1 Å². The Bertz CT molecular complexity index is 789. The summed E-state index contributed by atoms with van der Waals surface area (Å²) in [6.07, 6.45) is 2.18. The topological polar surface area (TPSA) is 127 Å². The SMILES string of the molecule is CCC(C)N(CC(=O)NCCc1ccc(S(N)(=O)=O)cc1)S(C)(=O)=O. The molecule has 0 aliphatic rings. The van der Waals surface area contributed by atoms with E-state index in [0.29, 0.717) is 19.4 Å². The number of nitrogens with two attached hydrogens (primary N) is 1. The molecule has 0 aromatic heterocycles. The molecule has 1 aromatic carbocycles. The Kier molecular flexibility index (Phi) is 7.54. The average molecular weight is 392 g/mol. The first kappa shape index (κ1) is 21.6. The molecule has 8 nitrogen and oxygen atoms in total. The van der Waals surface area contributed by atoms with Crippen molar-refractivity contribution in [3.05, 3.63) is 29.8 Å². The lowest BCUT2D eigenvalue weighted by atomic mass is 10.1. The van der Waals surface area contributed by atoms with Gasteiger partial charge in [0.25, 0.3) is 0 Å². The van der Waals surface area contributed by atoms with E-state index in [1.54, 1.807) is 19.1 Å². The molecule has 0 bridgehead atoms. The highest BCUT2D eigenvalue weighted by molar-refractivity contribution is 7.89. The van der Waals surface area contributed by atoms with Crippen LogP contribution in [0.15, 0.2) is 29.2 Å². The first-order valence-corrected chi connectivity index (χ1v) is 11.2. The monoisotopic (exact) mass is 391 g/mol. The second kappa shape index (κ2) is 8.75. The van der Waals surface area contributed by atoms with Crippen LogP contribution in [0.4, 0.5) is 0 Å². The lowest BCUT2D eigenvalue weighted by molar-refractivity contribution is -0.121. The lowest BCUT2D eigenvalue weighted by Gasteiger charge is -2.25. The van der Waals surface area contributed by atoms with Gasteiger partial charge in [0.1, 0.15) is 0 Å². The molecule has 0 radical (unpaired) electrons. The Labute approximate surface area is 149 Å². The van der Waals surface area contributed by atoms with E-state index >= 15 is 0 Å². The normalized spacial score (nSPS) is 13.6. The molecule has 0 saturated heterocycles. The van der Waals surface area contributed by atoms with E-state index in [0.717, 1.165) is 11.8 Å². The smallest absolute Gasteiger partial charge is 0.238 e. The third-order valence-corrected chi connectivity index (χ3v) is 6.07. The maximum atomic E-state index is 12.0. The fourth-order valence-electron chi connectivity index (χ4n) is 2.19. The molecule has 0 aliphatic heterocycles. The number of nitrogens with one attached hydrogen (secondary N) is 1. The van der Waals surface area contributed by atoms with E-state index < -0.39 is 20.0 Å². The fraction of sp³-hybridized carbons (Fsp3) is 0.533. The zero-order chi connectivity index (χ0) is 19.3. The highest BCUT2D eigenvalue weighted by Crippen LogP contribution is 2.10. The average Bonchev–Trinajstić information content (AvgIpc) is 2.50. The van der Waals surface area contributed by atoms with Crippen LogP contribution in [0.25, 0.3) is 0 Å². The summed E-state index contributed by atoms with van der Waals surface area (Å²) in [5.41, 5.74) is 0.828. The minimum absolute atomic E-state index is 0.0256. The number of carbonyl (C=O) groups is 1. The Hall–Kier alpha value is -1.49. The van der Waals surface area contributed by atoms with E-state index in [9.17, 15) is 21.6 Å². The zero-order valence-corrected chi connectivity index (χ0v) is 16.2. The van der Waals surface area contributed by atoms with Crippen LogP contribution in [-0.4, -0.2) is 52.4 Å². The second-order valence-corrected chi connectivity index (χ2v) is 9.35. The maximum Gasteiger partial charge on any atom is 0.238 e. The van der Waals surface area contributed by atoms with Gasteiger partial charge in [-0.25, -0.2) is 22.0 Å². The molecular weight excluding hydrogens is 366 g/mol. The van der Waals surface area contributed by atoms with Crippen LogP contribution in [-0.2, 0) is 31.3 Å². The van der Waals surface area contributed by atoms with Crippen LogP contribution in [0.1, 0.15) is 25.8 Å². The van der Waals surface area contributed by atoms with Crippen molar-refractivity contribution in [3.63, 3.8) is 0 Å². The molecule has 10 heteroatoms.